The second kappa shape index (κ2) is 6.77. The highest BCUT2D eigenvalue weighted by molar-refractivity contribution is 5.16. The SMILES string of the molecule is CCC1CCCCC1OCc1occc1CNC1CC1. The molecule has 2 unspecified atom stereocenters. The van der Waals surface area contributed by atoms with Crippen LogP contribution in [-0.4, -0.2) is 12.1 Å². The molecule has 112 valence electrons. The predicted octanol–water partition coefficient (Wildman–Crippen LogP) is 4.02. The first-order valence-electron chi connectivity index (χ1n) is 8.27. The van der Waals surface area contributed by atoms with Gasteiger partial charge in [-0.3, -0.25) is 0 Å². The molecule has 0 aromatic carbocycles. The number of rotatable bonds is 7. The van der Waals surface area contributed by atoms with Gasteiger partial charge in [-0.05, 0) is 37.7 Å². The molecule has 0 saturated heterocycles. The Morgan fingerprint density at radius 1 is 1.25 bits per heavy atom. The molecule has 1 heterocycles. The van der Waals surface area contributed by atoms with Crippen molar-refractivity contribution in [2.45, 2.75) is 77.2 Å². The molecule has 0 bridgehead atoms. The summed E-state index contributed by atoms with van der Waals surface area (Å²) in [7, 11) is 0. The zero-order valence-corrected chi connectivity index (χ0v) is 12.6. The standard InChI is InChI=1S/C17H27NO2/c1-2-13-5-3-4-6-16(13)20-12-17-14(9-10-19-17)11-18-15-7-8-15/h9-10,13,15-16,18H,2-8,11-12H2,1H3. The van der Waals surface area contributed by atoms with Crippen molar-refractivity contribution in [1.29, 1.82) is 0 Å². The highest BCUT2D eigenvalue weighted by atomic mass is 16.5. The van der Waals surface area contributed by atoms with E-state index in [1.807, 2.05) is 0 Å². The van der Waals surface area contributed by atoms with Crippen molar-refractivity contribution >= 4 is 0 Å². The van der Waals surface area contributed by atoms with Gasteiger partial charge >= 0.3 is 0 Å². The lowest BCUT2D eigenvalue weighted by molar-refractivity contribution is -0.0287. The minimum absolute atomic E-state index is 0.433. The van der Waals surface area contributed by atoms with Gasteiger partial charge in [0, 0.05) is 18.2 Å². The quantitative estimate of drug-likeness (QED) is 0.817. The summed E-state index contributed by atoms with van der Waals surface area (Å²) in [6, 6.07) is 2.81. The Bertz CT molecular complexity index is 411. The van der Waals surface area contributed by atoms with Crippen LogP contribution < -0.4 is 5.32 Å². The summed E-state index contributed by atoms with van der Waals surface area (Å²) in [5.41, 5.74) is 1.26. The van der Waals surface area contributed by atoms with Gasteiger partial charge < -0.3 is 14.5 Å². The molecule has 1 aromatic heterocycles. The normalized spacial score (nSPS) is 26.9. The molecule has 2 aliphatic carbocycles. The van der Waals surface area contributed by atoms with Crippen molar-refractivity contribution in [3.8, 4) is 0 Å². The van der Waals surface area contributed by atoms with Crippen LogP contribution in [0.2, 0.25) is 0 Å². The van der Waals surface area contributed by atoms with Crippen LogP contribution >= 0.6 is 0 Å². The molecular weight excluding hydrogens is 250 g/mol. The fourth-order valence-electron chi connectivity index (χ4n) is 3.24. The summed E-state index contributed by atoms with van der Waals surface area (Å²) in [6.45, 7) is 3.84. The van der Waals surface area contributed by atoms with E-state index < -0.39 is 0 Å². The Hall–Kier alpha value is -0.800. The molecule has 2 fully saturated rings. The van der Waals surface area contributed by atoms with Crippen molar-refractivity contribution in [1.82, 2.24) is 5.32 Å². The van der Waals surface area contributed by atoms with Crippen LogP contribution in [0, 0.1) is 5.92 Å². The van der Waals surface area contributed by atoms with Crippen LogP contribution in [0.1, 0.15) is 63.2 Å². The molecule has 3 nitrogen and oxygen atoms in total. The van der Waals surface area contributed by atoms with Gasteiger partial charge in [-0.25, -0.2) is 0 Å². The third-order valence-corrected chi connectivity index (χ3v) is 4.79. The molecule has 1 N–H and O–H groups in total. The average Bonchev–Trinajstić information content (AvgIpc) is 3.21. The van der Waals surface area contributed by atoms with E-state index in [4.69, 9.17) is 9.15 Å². The van der Waals surface area contributed by atoms with Crippen LogP contribution in [0.15, 0.2) is 16.7 Å². The summed E-state index contributed by atoms with van der Waals surface area (Å²) in [5, 5.41) is 3.54. The second-order valence-electron chi connectivity index (χ2n) is 6.33. The number of hydrogen-bond acceptors (Lipinski definition) is 3. The summed E-state index contributed by atoms with van der Waals surface area (Å²) >= 11 is 0. The van der Waals surface area contributed by atoms with Gasteiger partial charge in [0.1, 0.15) is 12.4 Å². The van der Waals surface area contributed by atoms with Gasteiger partial charge in [0.25, 0.3) is 0 Å². The van der Waals surface area contributed by atoms with Gasteiger partial charge in [0.15, 0.2) is 0 Å². The van der Waals surface area contributed by atoms with Crippen LogP contribution in [-0.2, 0) is 17.9 Å². The molecule has 3 heteroatoms. The van der Waals surface area contributed by atoms with Gasteiger partial charge in [-0.15, -0.1) is 0 Å². The monoisotopic (exact) mass is 277 g/mol. The number of hydrogen-bond donors (Lipinski definition) is 1. The number of nitrogens with one attached hydrogen (secondary N) is 1. The molecule has 0 spiro atoms. The lowest BCUT2D eigenvalue weighted by Gasteiger charge is -2.30. The van der Waals surface area contributed by atoms with Crippen molar-refractivity contribution in [3.63, 3.8) is 0 Å². The van der Waals surface area contributed by atoms with Gasteiger partial charge in [-0.2, -0.15) is 0 Å². The molecule has 20 heavy (non-hydrogen) atoms. The first kappa shape index (κ1) is 14.2. The Morgan fingerprint density at radius 3 is 2.90 bits per heavy atom. The molecule has 1 aromatic rings. The molecule has 2 saturated carbocycles. The molecular formula is C17H27NO2. The molecule has 0 amide bonds. The van der Waals surface area contributed by atoms with Crippen LogP contribution in [0.5, 0.6) is 0 Å². The Kier molecular flexibility index (Phi) is 4.79. The van der Waals surface area contributed by atoms with Gasteiger partial charge in [-0.1, -0.05) is 26.2 Å². The lowest BCUT2D eigenvalue weighted by atomic mass is 9.85. The van der Waals surface area contributed by atoms with E-state index in [2.05, 4.69) is 18.3 Å². The Balaban J connectivity index is 1.50. The second-order valence-corrected chi connectivity index (χ2v) is 6.33. The van der Waals surface area contributed by atoms with Crippen molar-refractivity contribution in [2.24, 2.45) is 5.92 Å². The molecule has 3 rings (SSSR count). The summed E-state index contributed by atoms with van der Waals surface area (Å²) < 4.78 is 11.8. The first-order valence-corrected chi connectivity index (χ1v) is 8.27. The van der Waals surface area contributed by atoms with E-state index in [-0.39, 0.29) is 0 Å². The molecule has 2 aliphatic rings. The van der Waals surface area contributed by atoms with E-state index >= 15 is 0 Å². The topological polar surface area (TPSA) is 34.4 Å². The molecule has 0 aliphatic heterocycles. The van der Waals surface area contributed by atoms with Crippen LogP contribution in [0.4, 0.5) is 0 Å². The van der Waals surface area contributed by atoms with E-state index in [1.54, 1.807) is 6.26 Å². The van der Waals surface area contributed by atoms with E-state index in [9.17, 15) is 0 Å². The number of furan rings is 1. The largest absolute Gasteiger partial charge is 0.467 e. The maximum absolute atomic E-state index is 6.17. The highest BCUT2D eigenvalue weighted by Crippen LogP contribution is 2.30. The zero-order valence-electron chi connectivity index (χ0n) is 12.6. The lowest BCUT2D eigenvalue weighted by Crippen LogP contribution is -2.27. The minimum atomic E-state index is 0.433. The highest BCUT2D eigenvalue weighted by Gasteiger charge is 2.25. The van der Waals surface area contributed by atoms with Crippen molar-refractivity contribution < 1.29 is 9.15 Å². The summed E-state index contributed by atoms with van der Waals surface area (Å²) in [5.74, 6) is 1.75. The fourth-order valence-corrected chi connectivity index (χ4v) is 3.24. The smallest absolute Gasteiger partial charge is 0.133 e. The van der Waals surface area contributed by atoms with Crippen LogP contribution in [0.25, 0.3) is 0 Å². The maximum atomic E-state index is 6.17. The van der Waals surface area contributed by atoms with Crippen molar-refractivity contribution in [2.75, 3.05) is 0 Å². The minimum Gasteiger partial charge on any atom is -0.467 e. The van der Waals surface area contributed by atoms with Gasteiger partial charge in [0.05, 0.1) is 12.4 Å². The third-order valence-electron chi connectivity index (χ3n) is 4.79. The van der Waals surface area contributed by atoms with E-state index in [0.717, 1.165) is 24.3 Å². The van der Waals surface area contributed by atoms with Crippen LogP contribution in [0.3, 0.4) is 0 Å². The van der Waals surface area contributed by atoms with E-state index in [0.29, 0.717) is 12.7 Å². The van der Waals surface area contributed by atoms with Crippen molar-refractivity contribution in [3.05, 3.63) is 23.7 Å². The average molecular weight is 277 g/mol. The zero-order chi connectivity index (χ0) is 13.8. The fraction of sp³-hybridized carbons (Fsp3) is 0.765. The third kappa shape index (κ3) is 3.64. The van der Waals surface area contributed by atoms with E-state index in [1.165, 1.54) is 50.5 Å². The Morgan fingerprint density at radius 2 is 2.10 bits per heavy atom. The summed E-state index contributed by atoms with van der Waals surface area (Å²) in [6.07, 6.45) is 11.3. The summed E-state index contributed by atoms with van der Waals surface area (Å²) in [4.78, 5) is 0. The maximum Gasteiger partial charge on any atom is 0.133 e. The predicted molar refractivity (Wildman–Crippen MR) is 79.4 cm³/mol. The number of ether oxygens (including phenoxy) is 1. The first-order chi connectivity index (χ1) is 9.86. The van der Waals surface area contributed by atoms with Gasteiger partial charge in [0.2, 0.25) is 0 Å². The molecule has 0 radical (unpaired) electrons. The molecule has 2 atom stereocenters. The Labute approximate surface area is 122 Å².